The predicted molar refractivity (Wildman–Crippen MR) is 77.4 cm³/mol. The normalized spacial score (nSPS) is 11.0. The van der Waals surface area contributed by atoms with E-state index in [1.165, 1.54) is 12.1 Å². The van der Waals surface area contributed by atoms with Crippen molar-refractivity contribution in [1.82, 2.24) is 0 Å². The fourth-order valence-electron chi connectivity index (χ4n) is 1.45. The molecular weight excluding hydrogens is 266 g/mol. The number of hydrogen-bond donors (Lipinski definition) is 2. The Morgan fingerprint density at radius 3 is 2.32 bits per heavy atom. The Morgan fingerprint density at radius 2 is 1.84 bits per heavy atom. The second-order valence-corrected chi connectivity index (χ2v) is 5.48. The van der Waals surface area contributed by atoms with Crippen molar-refractivity contribution >= 4 is 24.2 Å². The summed E-state index contributed by atoms with van der Waals surface area (Å²) in [5.41, 5.74) is 0.278. The van der Waals surface area contributed by atoms with Gasteiger partial charge in [0, 0.05) is 0 Å². The molecule has 0 radical (unpaired) electrons. The van der Waals surface area contributed by atoms with E-state index in [0.29, 0.717) is 29.0 Å². The molecule has 6 heteroatoms. The Labute approximate surface area is 119 Å². The number of halogens is 1. The minimum atomic E-state index is -1.59. The second-order valence-electron chi connectivity index (χ2n) is 5.08. The van der Waals surface area contributed by atoms with Crippen LogP contribution in [-0.4, -0.2) is 29.9 Å². The number of rotatable bonds is 6. The van der Waals surface area contributed by atoms with Crippen LogP contribution in [0, 0.1) is 5.92 Å². The first-order chi connectivity index (χ1) is 8.81. The topological polar surface area (TPSA) is 58.9 Å². The highest BCUT2D eigenvalue weighted by Crippen LogP contribution is 2.35. The van der Waals surface area contributed by atoms with E-state index in [-0.39, 0.29) is 11.6 Å². The van der Waals surface area contributed by atoms with Gasteiger partial charge in [0.15, 0.2) is 11.5 Å². The molecule has 0 unspecified atom stereocenters. The maximum absolute atomic E-state index is 9.22. The molecule has 0 heterocycles. The Kier molecular flexibility index (Phi) is 5.98. The van der Waals surface area contributed by atoms with Crippen LogP contribution < -0.4 is 14.9 Å². The van der Waals surface area contributed by atoms with Gasteiger partial charge in [-0.1, -0.05) is 25.4 Å². The fraction of sp³-hybridized carbons (Fsp3) is 0.538. The third-order valence-corrected chi connectivity index (χ3v) is 2.54. The predicted octanol–water partition coefficient (Wildman–Crippen LogP) is 1.84. The van der Waals surface area contributed by atoms with Gasteiger partial charge in [-0.2, -0.15) is 0 Å². The van der Waals surface area contributed by atoms with Gasteiger partial charge in [-0.25, -0.2) is 0 Å². The van der Waals surface area contributed by atoms with Crippen molar-refractivity contribution in [3.63, 3.8) is 0 Å². The van der Waals surface area contributed by atoms with Crippen molar-refractivity contribution in [2.45, 2.75) is 33.8 Å². The first-order valence-corrected chi connectivity index (χ1v) is 6.68. The molecule has 0 spiro atoms. The van der Waals surface area contributed by atoms with E-state index >= 15 is 0 Å². The van der Waals surface area contributed by atoms with Crippen molar-refractivity contribution in [1.29, 1.82) is 0 Å². The molecule has 106 valence electrons. The summed E-state index contributed by atoms with van der Waals surface area (Å²) in [6, 6.07) is 3.00. The molecule has 0 atom stereocenters. The van der Waals surface area contributed by atoms with E-state index in [2.05, 4.69) is 0 Å². The lowest BCUT2D eigenvalue weighted by Gasteiger charge is -2.18. The van der Waals surface area contributed by atoms with E-state index in [1.54, 1.807) is 0 Å². The maximum Gasteiger partial charge on any atom is 0.488 e. The van der Waals surface area contributed by atoms with Crippen LogP contribution in [-0.2, 0) is 0 Å². The third kappa shape index (κ3) is 4.93. The lowest BCUT2D eigenvalue weighted by Crippen LogP contribution is -2.30. The van der Waals surface area contributed by atoms with Gasteiger partial charge in [-0.15, -0.1) is 0 Å². The summed E-state index contributed by atoms with van der Waals surface area (Å²) >= 11 is 6.11. The van der Waals surface area contributed by atoms with Crippen LogP contribution in [0.4, 0.5) is 0 Å². The molecule has 0 aliphatic heterocycles. The number of benzene rings is 1. The Morgan fingerprint density at radius 1 is 1.21 bits per heavy atom. The zero-order valence-corrected chi connectivity index (χ0v) is 12.4. The highest BCUT2D eigenvalue weighted by atomic mass is 35.5. The molecule has 0 fully saturated rings. The van der Waals surface area contributed by atoms with Crippen LogP contribution in [0.25, 0.3) is 0 Å². The summed E-state index contributed by atoms with van der Waals surface area (Å²) in [4.78, 5) is 0. The van der Waals surface area contributed by atoms with Gasteiger partial charge in [0.05, 0.1) is 17.7 Å². The average Bonchev–Trinajstić information content (AvgIpc) is 2.28. The van der Waals surface area contributed by atoms with Crippen molar-refractivity contribution in [2.75, 3.05) is 6.61 Å². The molecule has 0 bridgehead atoms. The van der Waals surface area contributed by atoms with Crippen LogP contribution in [0.15, 0.2) is 12.1 Å². The van der Waals surface area contributed by atoms with Crippen LogP contribution in [0.5, 0.6) is 11.5 Å². The first kappa shape index (κ1) is 16.2. The number of hydrogen-bond acceptors (Lipinski definition) is 4. The molecule has 19 heavy (non-hydrogen) atoms. The lowest BCUT2D eigenvalue weighted by atomic mass is 9.80. The summed E-state index contributed by atoms with van der Waals surface area (Å²) < 4.78 is 11.3. The van der Waals surface area contributed by atoms with Gasteiger partial charge in [0.25, 0.3) is 0 Å². The molecular formula is C13H20BClO4. The average molecular weight is 287 g/mol. The standard InChI is InChI=1S/C13H20BClO4/c1-8(2)7-18-12-6-10(14(16)17)5-11(15)13(12)19-9(3)4/h5-6,8-9,16-17H,7H2,1-4H3. The highest BCUT2D eigenvalue weighted by molar-refractivity contribution is 6.59. The molecule has 0 saturated carbocycles. The maximum atomic E-state index is 9.22. The highest BCUT2D eigenvalue weighted by Gasteiger charge is 2.19. The largest absolute Gasteiger partial charge is 0.489 e. The number of ether oxygens (including phenoxy) is 2. The molecule has 1 rings (SSSR count). The van der Waals surface area contributed by atoms with Crippen LogP contribution in [0.1, 0.15) is 27.7 Å². The van der Waals surface area contributed by atoms with E-state index < -0.39 is 7.12 Å². The summed E-state index contributed by atoms with van der Waals surface area (Å²) in [5.74, 6) is 1.20. The van der Waals surface area contributed by atoms with E-state index in [1.807, 2.05) is 27.7 Å². The SMILES string of the molecule is CC(C)COc1cc(B(O)O)cc(Cl)c1OC(C)C. The van der Waals surface area contributed by atoms with Crippen LogP contribution >= 0.6 is 11.6 Å². The van der Waals surface area contributed by atoms with Crippen LogP contribution in [0.2, 0.25) is 5.02 Å². The Balaban J connectivity index is 3.11. The molecule has 1 aromatic carbocycles. The van der Waals surface area contributed by atoms with Gasteiger partial charge in [-0.05, 0) is 37.4 Å². The van der Waals surface area contributed by atoms with Gasteiger partial charge >= 0.3 is 7.12 Å². The molecule has 4 nitrogen and oxygen atoms in total. The summed E-state index contributed by atoms with van der Waals surface area (Å²) in [7, 11) is -1.59. The van der Waals surface area contributed by atoms with Crippen molar-refractivity contribution in [3.05, 3.63) is 17.2 Å². The van der Waals surface area contributed by atoms with Gasteiger partial charge < -0.3 is 19.5 Å². The fourth-order valence-corrected chi connectivity index (χ4v) is 1.71. The molecule has 1 aromatic rings. The molecule has 0 aromatic heterocycles. The van der Waals surface area contributed by atoms with Gasteiger partial charge in [0.1, 0.15) is 0 Å². The Hall–Kier alpha value is -0.905. The van der Waals surface area contributed by atoms with Gasteiger partial charge in [-0.3, -0.25) is 0 Å². The van der Waals surface area contributed by atoms with Crippen molar-refractivity contribution < 1.29 is 19.5 Å². The minimum Gasteiger partial charge on any atom is -0.489 e. The van der Waals surface area contributed by atoms with E-state index in [9.17, 15) is 10.0 Å². The van der Waals surface area contributed by atoms with E-state index in [0.717, 1.165) is 0 Å². The zero-order chi connectivity index (χ0) is 14.6. The third-order valence-electron chi connectivity index (χ3n) is 2.26. The monoisotopic (exact) mass is 286 g/mol. The summed E-state index contributed by atoms with van der Waals surface area (Å²) in [5, 5.41) is 18.8. The van der Waals surface area contributed by atoms with E-state index in [4.69, 9.17) is 21.1 Å². The second kappa shape index (κ2) is 7.03. The smallest absolute Gasteiger partial charge is 0.488 e. The minimum absolute atomic E-state index is 0.0520. The van der Waals surface area contributed by atoms with Crippen LogP contribution in [0.3, 0.4) is 0 Å². The van der Waals surface area contributed by atoms with Crippen molar-refractivity contribution in [3.8, 4) is 11.5 Å². The molecule has 2 N–H and O–H groups in total. The van der Waals surface area contributed by atoms with Gasteiger partial charge in [0.2, 0.25) is 0 Å². The molecule has 0 saturated heterocycles. The quantitative estimate of drug-likeness (QED) is 0.784. The van der Waals surface area contributed by atoms with Crippen molar-refractivity contribution in [2.24, 2.45) is 5.92 Å². The first-order valence-electron chi connectivity index (χ1n) is 6.30. The lowest BCUT2D eigenvalue weighted by molar-refractivity contribution is 0.212. The molecule has 0 amide bonds. The summed E-state index contributed by atoms with van der Waals surface area (Å²) in [6.07, 6.45) is -0.0520. The summed E-state index contributed by atoms with van der Waals surface area (Å²) in [6.45, 7) is 8.31. The Bertz CT molecular complexity index is 421. The molecule has 0 aliphatic carbocycles. The zero-order valence-electron chi connectivity index (χ0n) is 11.7. The molecule has 0 aliphatic rings.